The van der Waals surface area contributed by atoms with Gasteiger partial charge in [0.1, 0.15) is 6.10 Å². The second-order valence-corrected chi connectivity index (χ2v) is 6.63. The first-order valence-electron chi connectivity index (χ1n) is 8.70. The summed E-state index contributed by atoms with van der Waals surface area (Å²) in [6.07, 6.45) is 3.47. The second kappa shape index (κ2) is 10.5. The molecule has 0 spiro atoms. The van der Waals surface area contributed by atoms with Crippen LogP contribution >= 0.6 is 35.6 Å². The van der Waals surface area contributed by atoms with E-state index in [0.717, 1.165) is 68.7 Å². The molecule has 2 heterocycles. The fourth-order valence-electron chi connectivity index (χ4n) is 3.33. The maximum atomic E-state index is 6.22. The third-order valence-corrected chi connectivity index (χ3v) is 4.99. The average molecular weight is 480 g/mol. The van der Waals surface area contributed by atoms with E-state index in [4.69, 9.17) is 21.1 Å². The van der Waals surface area contributed by atoms with E-state index < -0.39 is 0 Å². The van der Waals surface area contributed by atoms with Crippen molar-refractivity contribution in [3.05, 3.63) is 34.9 Å². The summed E-state index contributed by atoms with van der Waals surface area (Å²) in [6.45, 7) is 4.06. The highest BCUT2D eigenvalue weighted by Crippen LogP contribution is 2.21. The number of nitrogens with zero attached hydrogens (tertiary/aromatic N) is 2. The van der Waals surface area contributed by atoms with Gasteiger partial charge in [0.05, 0.1) is 12.7 Å². The van der Waals surface area contributed by atoms with Gasteiger partial charge in [0.15, 0.2) is 5.96 Å². The molecule has 3 rings (SSSR count). The van der Waals surface area contributed by atoms with Crippen molar-refractivity contribution in [3.63, 3.8) is 0 Å². The van der Waals surface area contributed by atoms with Gasteiger partial charge in [-0.2, -0.15) is 0 Å². The number of benzene rings is 1. The number of rotatable bonds is 4. The fraction of sp³-hybridized carbons (Fsp3) is 0.611. The van der Waals surface area contributed by atoms with Gasteiger partial charge in [-0.1, -0.05) is 29.8 Å². The molecule has 7 heteroatoms. The SMILES string of the molecule is CN=C(NCCc1ccccc1Cl)N1CCOC(C2CCCO2)C1.I. The number of ether oxygens (including phenoxy) is 2. The van der Waals surface area contributed by atoms with Crippen LogP contribution in [0, 0.1) is 0 Å². The summed E-state index contributed by atoms with van der Waals surface area (Å²) in [7, 11) is 1.83. The van der Waals surface area contributed by atoms with Gasteiger partial charge in [-0.05, 0) is 30.9 Å². The lowest BCUT2D eigenvalue weighted by atomic mass is 10.1. The molecule has 5 nitrogen and oxygen atoms in total. The van der Waals surface area contributed by atoms with Crippen molar-refractivity contribution in [3.8, 4) is 0 Å². The summed E-state index contributed by atoms with van der Waals surface area (Å²) in [5, 5.41) is 4.27. The molecule has 1 aromatic rings. The predicted octanol–water partition coefficient (Wildman–Crippen LogP) is 2.96. The maximum Gasteiger partial charge on any atom is 0.193 e. The summed E-state index contributed by atoms with van der Waals surface area (Å²) in [5.41, 5.74) is 1.15. The zero-order valence-corrected chi connectivity index (χ0v) is 17.7. The molecule has 1 N–H and O–H groups in total. The van der Waals surface area contributed by atoms with Crippen LogP contribution in [0.4, 0.5) is 0 Å². The Morgan fingerprint density at radius 2 is 2.08 bits per heavy atom. The summed E-state index contributed by atoms with van der Waals surface area (Å²) in [4.78, 5) is 6.69. The Labute approximate surface area is 172 Å². The van der Waals surface area contributed by atoms with E-state index in [1.165, 1.54) is 0 Å². The van der Waals surface area contributed by atoms with Crippen LogP contribution in [0.1, 0.15) is 18.4 Å². The fourth-order valence-corrected chi connectivity index (χ4v) is 3.56. The van der Waals surface area contributed by atoms with Crippen LogP contribution < -0.4 is 5.32 Å². The number of aliphatic imine (C=N–C) groups is 1. The molecule has 25 heavy (non-hydrogen) atoms. The summed E-state index contributed by atoms with van der Waals surface area (Å²) in [5.74, 6) is 0.924. The van der Waals surface area contributed by atoms with E-state index in [1.54, 1.807) is 0 Å². The molecule has 2 aliphatic rings. The number of morpholine rings is 1. The largest absolute Gasteiger partial charge is 0.375 e. The summed E-state index contributed by atoms with van der Waals surface area (Å²) in [6, 6.07) is 7.97. The highest BCUT2D eigenvalue weighted by Gasteiger charge is 2.32. The van der Waals surface area contributed by atoms with Crippen molar-refractivity contribution in [1.29, 1.82) is 0 Å². The molecule has 2 unspecified atom stereocenters. The van der Waals surface area contributed by atoms with Gasteiger partial charge in [0.2, 0.25) is 0 Å². The van der Waals surface area contributed by atoms with Crippen molar-refractivity contribution in [2.24, 2.45) is 4.99 Å². The molecule has 0 aromatic heterocycles. The van der Waals surface area contributed by atoms with Crippen molar-refractivity contribution < 1.29 is 9.47 Å². The van der Waals surface area contributed by atoms with Crippen LogP contribution in [0.25, 0.3) is 0 Å². The predicted molar refractivity (Wildman–Crippen MR) is 112 cm³/mol. The molecule has 0 bridgehead atoms. The smallest absolute Gasteiger partial charge is 0.193 e. The van der Waals surface area contributed by atoms with Gasteiger partial charge in [-0.3, -0.25) is 4.99 Å². The molecule has 2 atom stereocenters. The Balaban J connectivity index is 0.00000225. The molecular formula is C18H27ClIN3O2. The van der Waals surface area contributed by atoms with Crippen LogP contribution in [0.15, 0.2) is 29.3 Å². The highest BCUT2D eigenvalue weighted by molar-refractivity contribution is 14.0. The highest BCUT2D eigenvalue weighted by atomic mass is 127. The Morgan fingerprint density at radius 1 is 1.28 bits per heavy atom. The molecule has 0 radical (unpaired) electrons. The van der Waals surface area contributed by atoms with Crippen molar-refractivity contribution >= 4 is 41.5 Å². The lowest BCUT2D eigenvalue weighted by Crippen LogP contribution is -2.53. The lowest BCUT2D eigenvalue weighted by Gasteiger charge is -2.37. The number of nitrogens with one attached hydrogen (secondary N) is 1. The Hall–Kier alpha value is -0.570. The van der Waals surface area contributed by atoms with E-state index in [0.29, 0.717) is 0 Å². The van der Waals surface area contributed by atoms with Crippen LogP contribution in [-0.2, 0) is 15.9 Å². The Morgan fingerprint density at radius 3 is 2.80 bits per heavy atom. The van der Waals surface area contributed by atoms with Crippen molar-refractivity contribution in [1.82, 2.24) is 10.2 Å². The second-order valence-electron chi connectivity index (χ2n) is 6.22. The van der Waals surface area contributed by atoms with E-state index >= 15 is 0 Å². The number of halogens is 2. The number of hydrogen-bond donors (Lipinski definition) is 1. The summed E-state index contributed by atoms with van der Waals surface area (Å²) < 4.78 is 11.7. The lowest BCUT2D eigenvalue weighted by molar-refractivity contribution is -0.0816. The van der Waals surface area contributed by atoms with Gasteiger partial charge in [-0.15, -0.1) is 24.0 Å². The van der Waals surface area contributed by atoms with Gasteiger partial charge >= 0.3 is 0 Å². The van der Waals surface area contributed by atoms with Gasteiger partial charge in [-0.25, -0.2) is 0 Å². The van der Waals surface area contributed by atoms with Crippen LogP contribution in [-0.4, -0.2) is 63.0 Å². The minimum absolute atomic E-state index is 0. The van der Waals surface area contributed by atoms with Gasteiger partial charge in [0.25, 0.3) is 0 Å². The molecule has 2 aliphatic heterocycles. The van der Waals surface area contributed by atoms with Gasteiger partial charge in [0, 0.05) is 38.3 Å². The monoisotopic (exact) mass is 479 g/mol. The van der Waals surface area contributed by atoms with Crippen LogP contribution in [0.2, 0.25) is 5.02 Å². The van der Waals surface area contributed by atoms with E-state index in [9.17, 15) is 0 Å². The molecule has 140 valence electrons. The number of guanidine groups is 1. The minimum atomic E-state index is 0. The zero-order valence-electron chi connectivity index (χ0n) is 14.6. The van der Waals surface area contributed by atoms with Crippen molar-refractivity contribution in [2.45, 2.75) is 31.5 Å². The normalized spacial score (nSPS) is 24.1. The molecule has 0 aliphatic carbocycles. The molecule has 2 saturated heterocycles. The molecule has 0 saturated carbocycles. The van der Waals surface area contributed by atoms with E-state index in [2.05, 4.69) is 21.3 Å². The van der Waals surface area contributed by atoms with E-state index in [1.807, 2.05) is 25.2 Å². The third-order valence-electron chi connectivity index (χ3n) is 4.62. The third kappa shape index (κ3) is 5.70. The zero-order chi connectivity index (χ0) is 16.8. The molecular weight excluding hydrogens is 453 g/mol. The topological polar surface area (TPSA) is 46.1 Å². The molecule has 0 amide bonds. The van der Waals surface area contributed by atoms with Crippen molar-refractivity contribution in [2.75, 3.05) is 39.9 Å². The van der Waals surface area contributed by atoms with Crippen LogP contribution in [0.3, 0.4) is 0 Å². The van der Waals surface area contributed by atoms with Crippen LogP contribution in [0.5, 0.6) is 0 Å². The quantitative estimate of drug-likeness (QED) is 0.410. The molecule has 2 fully saturated rings. The minimum Gasteiger partial charge on any atom is -0.375 e. The first-order valence-corrected chi connectivity index (χ1v) is 9.08. The Kier molecular flexibility index (Phi) is 8.75. The first kappa shape index (κ1) is 20.7. The first-order chi connectivity index (χ1) is 11.8. The maximum absolute atomic E-state index is 6.22. The standard InChI is InChI=1S/C18H26ClN3O2.HI/c1-20-18(21-9-8-14-5-2-3-6-15(14)19)22-10-12-24-17(13-22)16-7-4-11-23-16;/h2-3,5-6,16-17H,4,7-13H2,1H3,(H,20,21);1H. The average Bonchev–Trinajstić information content (AvgIpc) is 3.15. The van der Waals surface area contributed by atoms with Gasteiger partial charge < -0.3 is 19.7 Å². The van der Waals surface area contributed by atoms with E-state index in [-0.39, 0.29) is 36.2 Å². The Bertz CT molecular complexity index is 567. The molecule has 1 aromatic carbocycles. The number of hydrogen-bond acceptors (Lipinski definition) is 3. The summed E-state index contributed by atoms with van der Waals surface area (Å²) >= 11 is 6.22.